The van der Waals surface area contributed by atoms with Crippen LogP contribution in [0.5, 0.6) is 0 Å². The number of hydrogen-bond donors (Lipinski definition) is 1. The predicted octanol–water partition coefficient (Wildman–Crippen LogP) is 3.42. The maximum absolute atomic E-state index is 12.4. The quantitative estimate of drug-likeness (QED) is 0.862. The minimum Gasteiger partial charge on any atom is -0.290 e. The first-order valence-corrected chi connectivity index (χ1v) is 5.00. The fraction of sp³-hybridized carbons (Fsp3) is 0.364. The molecule has 1 aromatic rings. The van der Waals surface area contributed by atoms with Crippen LogP contribution in [0, 0.1) is 11.3 Å². The lowest BCUT2D eigenvalue weighted by Gasteiger charge is -2.15. The van der Waals surface area contributed by atoms with Gasteiger partial charge in [-0.3, -0.25) is 5.32 Å². The Morgan fingerprint density at radius 1 is 1.16 bits per heavy atom. The maximum Gasteiger partial charge on any atom is 0.416 e. The predicted molar refractivity (Wildman–Crippen MR) is 53.9 cm³/mol. The summed E-state index contributed by atoms with van der Waals surface area (Å²) in [5.41, 5.74) is -1.18. The van der Waals surface area contributed by atoms with Gasteiger partial charge in [0.15, 0.2) is 0 Å². The van der Waals surface area contributed by atoms with Gasteiger partial charge in [0, 0.05) is 0 Å². The summed E-state index contributed by atoms with van der Waals surface area (Å²) in [7, 11) is 0. The van der Waals surface area contributed by atoms with E-state index in [9.17, 15) is 26.3 Å². The summed E-state index contributed by atoms with van der Waals surface area (Å²) >= 11 is 0. The molecule has 104 valence electrons. The zero-order valence-corrected chi connectivity index (χ0v) is 9.31. The van der Waals surface area contributed by atoms with Gasteiger partial charge in [-0.05, 0) is 17.7 Å². The second kappa shape index (κ2) is 5.48. The molecule has 0 saturated heterocycles. The Kier molecular flexibility index (Phi) is 4.42. The van der Waals surface area contributed by atoms with Gasteiger partial charge in [-0.15, -0.1) is 0 Å². The van der Waals surface area contributed by atoms with Crippen LogP contribution in [0.4, 0.5) is 26.3 Å². The van der Waals surface area contributed by atoms with Crippen LogP contribution in [-0.4, -0.2) is 12.7 Å². The number of hydrogen-bond acceptors (Lipinski definition) is 2. The van der Waals surface area contributed by atoms with Gasteiger partial charge in [0.2, 0.25) is 0 Å². The van der Waals surface area contributed by atoms with Gasteiger partial charge < -0.3 is 0 Å². The third kappa shape index (κ3) is 4.79. The van der Waals surface area contributed by atoms with E-state index in [1.54, 1.807) is 0 Å². The van der Waals surface area contributed by atoms with Gasteiger partial charge in [0.05, 0.1) is 18.2 Å². The van der Waals surface area contributed by atoms with Gasteiger partial charge in [-0.1, -0.05) is 12.1 Å². The van der Waals surface area contributed by atoms with Crippen LogP contribution in [0.25, 0.3) is 0 Å². The highest BCUT2D eigenvalue weighted by molar-refractivity contribution is 5.30. The normalized spacial score (nSPS) is 13.9. The molecule has 0 aliphatic heterocycles. The summed E-state index contributed by atoms with van der Waals surface area (Å²) in [6.07, 6.45) is -9.16. The Balaban J connectivity index is 2.91. The topological polar surface area (TPSA) is 35.8 Å². The average Bonchev–Trinajstić information content (AvgIpc) is 2.27. The zero-order valence-electron chi connectivity index (χ0n) is 9.31. The van der Waals surface area contributed by atoms with E-state index < -0.39 is 30.5 Å². The molecule has 0 spiro atoms. The van der Waals surface area contributed by atoms with Gasteiger partial charge in [-0.2, -0.15) is 31.6 Å². The second-order valence-corrected chi connectivity index (χ2v) is 3.68. The Morgan fingerprint density at radius 2 is 1.79 bits per heavy atom. The van der Waals surface area contributed by atoms with Gasteiger partial charge in [0.1, 0.15) is 6.04 Å². The molecular formula is C11H8F6N2. The van der Waals surface area contributed by atoms with Gasteiger partial charge in [-0.25, -0.2) is 0 Å². The van der Waals surface area contributed by atoms with Crippen molar-refractivity contribution in [3.05, 3.63) is 35.4 Å². The molecule has 0 heterocycles. The highest BCUT2D eigenvalue weighted by Crippen LogP contribution is 2.30. The van der Waals surface area contributed by atoms with Crippen molar-refractivity contribution >= 4 is 0 Å². The van der Waals surface area contributed by atoms with Crippen LogP contribution in [0.15, 0.2) is 24.3 Å². The van der Waals surface area contributed by atoms with Crippen LogP contribution < -0.4 is 5.32 Å². The van der Waals surface area contributed by atoms with Crippen LogP contribution in [-0.2, 0) is 6.18 Å². The number of rotatable bonds is 3. The van der Waals surface area contributed by atoms with Crippen molar-refractivity contribution in [3.63, 3.8) is 0 Å². The molecule has 1 rings (SSSR count). The standard InChI is InChI=1S/C11H8F6N2/c12-10(13,14)6-19-9(5-18)7-2-1-3-8(4-7)11(15,16)17/h1-4,9,19H,6H2. The highest BCUT2D eigenvalue weighted by Gasteiger charge is 2.32. The van der Waals surface area contributed by atoms with E-state index >= 15 is 0 Å². The molecule has 8 heteroatoms. The second-order valence-electron chi connectivity index (χ2n) is 3.68. The molecule has 2 nitrogen and oxygen atoms in total. The van der Waals surface area contributed by atoms with Gasteiger partial charge >= 0.3 is 12.4 Å². The first-order chi connectivity index (χ1) is 8.63. The molecule has 0 radical (unpaired) electrons. The van der Waals surface area contributed by atoms with Crippen LogP contribution >= 0.6 is 0 Å². The van der Waals surface area contributed by atoms with Crippen molar-refractivity contribution in [1.82, 2.24) is 5.32 Å². The average molecular weight is 282 g/mol. The van der Waals surface area contributed by atoms with Gasteiger partial charge in [0.25, 0.3) is 0 Å². The van der Waals surface area contributed by atoms with Crippen molar-refractivity contribution < 1.29 is 26.3 Å². The first kappa shape index (κ1) is 15.3. The lowest BCUT2D eigenvalue weighted by molar-refractivity contribution is -0.137. The molecule has 0 aliphatic rings. The minimum absolute atomic E-state index is 0.165. The van der Waals surface area contributed by atoms with E-state index in [1.807, 2.05) is 5.32 Å². The summed E-state index contributed by atoms with van der Waals surface area (Å²) in [5, 5.41) is 10.6. The zero-order chi connectivity index (χ0) is 14.7. The Bertz CT molecular complexity index is 471. The number of nitrogens with zero attached hydrogens (tertiary/aromatic N) is 1. The van der Waals surface area contributed by atoms with Crippen molar-refractivity contribution in [2.24, 2.45) is 0 Å². The number of halogens is 6. The van der Waals surface area contributed by atoms with E-state index in [-0.39, 0.29) is 5.56 Å². The largest absolute Gasteiger partial charge is 0.416 e. The van der Waals surface area contributed by atoms with E-state index in [1.165, 1.54) is 6.07 Å². The number of nitrogens with one attached hydrogen (secondary N) is 1. The summed E-state index contributed by atoms with van der Waals surface area (Å²) < 4.78 is 73.2. The van der Waals surface area contributed by atoms with Crippen molar-refractivity contribution in [3.8, 4) is 6.07 Å². The minimum atomic E-state index is -4.61. The van der Waals surface area contributed by atoms with Crippen LogP contribution in [0.3, 0.4) is 0 Å². The summed E-state index contributed by atoms with van der Waals surface area (Å²) in [5.74, 6) is 0. The van der Waals surface area contributed by atoms with Crippen LogP contribution in [0.1, 0.15) is 17.2 Å². The number of nitriles is 1. The first-order valence-electron chi connectivity index (χ1n) is 5.00. The molecule has 1 N–H and O–H groups in total. The Labute approximate surface area is 104 Å². The maximum atomic E-state index is 12.4. The molecule has 0 bridgehead atoms. The molecule has 0 aliphatic carbocycles. The fourth-order valence-electron chi connectivity index (χ4n) is 1.35. The van der Waals surface area contributed by atoms with E-state index in [4.69, 9.17) is 5.26 Å². The summed E-state index contributed by atoms with van der Waals surface area (Å²) in [6, 6.07) is 3.66. The smallest absolute Gasteiger partial charge is 0.290 e. The molecule has 0 aromatic heterocycles. The van der Waals surface area contributed by atoms with Crippen molar-refractivity contribution in [1.29, 1.82) is 5.26 Å². The third-order valence-corrected chi connectivity index (χ3v) is 2.18. The number of alkyl halides is 6. The molecule has 1 aromatic carbocycles. The monoisotopic (exact) mass is 282 g/mol. The summed E-state index contributed by atoms with van der Waals surface area (Å²) in [4.78, 5) is 0. The molecule has 19 heavy (non-hydrogen) atoms. The summed E-state index contributed by atoms with van der Waals surface area (Å²) in [6.45, 7) is -1.46. The third-order valence-electron chi connectivity index (χ3n) is 2.18. The lowest BCUT2D eigenvalue weighted by atomic mass is 10.0. The fourth-order valence-corrected chi connectivity index (χ4v) is 1.35. The molecule has 1 unspecified atom stereocenters. The van der Waals surface area contributed by atoms with E-state index in [0.717, 1.165) is 18.2 Å². The molecule has 0 amide bonds. The van der Waals surface area contributed by atoms with Crippen molar-refractivity contribution in [2.45, 2.75) is 18.4 Å². The van der Waals surface area contributed by atoms with Crippen LogP contribution in [0.2, 0.25) is 0 Å². The van der Waals surface area contributed by atoms with E-state index in [0.29, 0.717) is 6.07 Å². The lowest BCUT2D eigenvalue weighted by Crippen LogP contribution is -2.31. The Morgan fingerprint density at radius 3 is 2.26 bits per heavy atom. The molecule has 0 fully saturated rings. The van der Waals surface area contributed by atoms with Crippen molar-refractivity contribution in [2.75, 3.05) is 6.54 Å². The molecule has 0 saturated carbocycles. The Hall–Kier alpha value is -1.75. The number of benzene rings is 1. The highest BCUT2D eigenvalue weighted by atomic mass is 19.4. The molecular weight excluding hydrogens is 274 g/mol. The van der Waals surface area contributed by atoms with E-state index in [2.05, 4.69) is 0 Å². The molecule has 1 atom stereocenters. The SMILES string of the molecule is N#CC(NCC(F)(F)F)c1cccc(C(F)(F)F)c1.